The van der Waals surface area contributed by atoms with E-state index in [1.165, 1.54) is 4.90 Å². The fourth-order valence-electron chi connectivity index (χ4n) is 2.80. The molecule has 1 saturated heterocycles. The van der Waals surface area contributed by atoms with Crippen molar-refractivity contribution in [1.82, 2.24) is 4.90 Å². The highest BCUT2D eigenvalue weighted by atomic mass is 35.5. The van der Waals surface area contributed by atoms with Crippen LogP contribution in [0.5, 0.6) is 11.5 Å². The molecular formula is C20H19ClN2O3S. The van der Waals surface area contributed by atoms with E-state index in [0.29, 0.717) is 39.5 Å². The third kappa shape index (κ3) is 3.63. The molecule has 1 fully saturated rings. The number of thiocarbonyl (C=S) groups is 1. The summed E-state index contributed by atoms with van der Waals surface area (Å²) in [5.74, 6) is 0.890. The lowest BCUT2D eigenvalue weighted by molar-refractivity contribution is -0.114. The van der Waals surface area contributed by atoms with Crippen molar-refractivity contribution in [2.45, 2.75) is 6.92 Å². The van der Waals surface area contributed by atoms with Gasteiger partial charge in [0, 0.05) is 13.1 Å². The van der Waals surface area contributed by atoms with E-state index >= 15 is 0 Å². The summed E-state index contributed by atoms with van der Waals surface area (Å²) in [7, 11) is 3.32. The highest BCUT2D eigenvalue weighted by Crippen LogP contribution is 2.36. The zero-order valence-corrected chi connectivity index (χ0v) is 16.8. The number of ether oxygens (including phenoxy) is 2. The lowest BCUT2D eigenvalue weighted by Crippen LogP contribution is -2.30. The Bertz CT molecular complexity index is 915. The number of halogens is 1. The van der Waals surface area contributed by atoms with Gasteiger partial charge in [0.05, 0.1) is 24.4 Å². The minimum absolute atomic E-state index is 0.211. The number of para-hydroxylation sites is 1. The number of anilines is 1. The second-order valence-electron chi connectivity index (χ2n) is 5.80. The molecule has 0 spiro atoms. The molecule has 0 radical (unpaired) electrons. The SMILES string of the molecule is CCOc1cc(Cl)c(/C=C2/C(=O)N(c3ccccc3)C(=S)N2C)cc1OC. The summed E-state index contributed by atoms with van der Waals surface area (Å²) in [4.78, 5) is 16.2. The third-order valence-electron chi connectivity index (χ3n) is 4.15. The molecule has 0 unspecified atom stereocenters. The molecule has 0 aromatic heterocycles. The van der Waals surface area contributed by atoms with E-state index < -0.39 is 0 Å². The summed E-state index contributed by atoms with van der Waals surface area (Å²) in [6.07, 6.45) is 1.71. The number of nitrogens with zero attached hydrogens (tertiary/aromatic N) is 2. The molecule has 0 N–H and O–H groups in total. The monoisotopic (exact) mass is 402 g/mol. The lowest BCUT2D eigenvalue weighted by atomic mass is 10.1. The molecule has 27 heavy (non-hydrogen) atoms. The lowest BCUT2D eigenvalue weighted by Gasteiger charge is -2.16. The van der Waals surface area contributed by atoms with Crippen molar-refractivity contribution in [2.75, 3.05) is 25.7 Å². The number of likely N-dealkylation sites (N-methyl/N-ethyl adjacent to an activating group) is 1. The Labute approximate surface area is 168 Å². The molecule has 1 heterocycles. The van der Waals surface area contributed by atoms with Crippen LogP contribution in [-0.4, -0.2) is 36.7 Å². The third-order valence-corrected chi connectivity index (χ3v) is 4.93. The Balaban J connectivity index is 2.02. The topological polar surface area (TPSA) is 42.0 Å². The van der Waals surface area contributed by atoms with Crippen LogP contribution in [0, 0.1) is 0 Å². The second kappa shape index (κ2) is 7.98. The number of methoxy groups -OCH3 is 1. The van der Waals surface area contributed by atoms with Crippen molar-refractivity contribution in [3.8, 4) is 11.5 Å². The van der Waals surface area contributed by atoms with Crippen molar-refractivity contribution in [3.63, 3.8) is 0 Å². The number of hydrogen-bond acceptors (Lipinski definition) is 4. The van der Waals surface area contributed by atoms with E-state index in [4.69, 9.17) is 33.3 Å². The summed E-state index contributed by atoms with van der Waals surface area (Å²) in [6, 6.07) is 12.7. The Morgan fingerprint density at radius 3 is 2.52 bits per heavy atom. The number of hydrogen-bond donors (Lipinski definition) is 0. The van der Waals surface area contributed by atoms with Crippen LogP contribution in [-0.2, 0) is 4.79 Å². The highest BCUT2D eigenvalue weighted by Gasteiger charge is 2.36. The molecule has 1 aliphatic rings. The molecule has 7 heteroatoms. The van der Waals surface area contributed by atoms with Crippen LogP contribution in [0.3, 0.4) is 0 Å². The fraction of sp³-hybridized carbons (Fsp3) is 0.200. The molecule has 1 aliphatic heterocycles. The number of carbonyl (C=O) groups is 1. The predicted molar refractivity (Wildman–Crippen MR) is 111 cm³/mol. The van der Waals surface area contributed by atoms with E-state index in [1.54, 1.807) is 37.3 Å². The largest absolute Gasteiger partial charge is 0.493 e. The number of benzene rings is 2. The Morgan fingerprint density at radius 1 is 1.19 bits per heavy atom. The Kier molecular flexibility index (Phi) is 5.68. The van der Waals surface area contributed by atoms with Crippen LogP contribution in [0.4, 0.5) is 5.69 Å². The Hall–Kier alpha value is -2.57. The average Bonchev–Trinajstić information content (AvgIpc) is 2.88. The molecule has 1 amide bonds. The van der Waals surface area contributed by atoms with Crippen molar-refractivity contribution >= 4 is 46.6 Å². The molecule has 5 nitrogen and oxygen atoms in total. The first kappa shape index (κ1) is 19.2. The molecule has 0 bridgehead atoms. The van der Waals surface area contributed by atoms with Gasteiger partial charge in [-0.2, -0.15) is 0 Å². The zero-order valence-electron chi connectivity index (χ0n) is 15.2. The first-order valence-electron chi connectivity index (χ1n) is 8.37. The van der Waals surface area contributed by atoms with Gasteiger partial charge < -0.3 is 14.4 Å². The standard InChI is InChI=1S/C20H19ClN2O3S/c1-4-26-18-12-15(21)13(11-17(18)25-3)10-16-19(24)23(20(27)22(16)2)14-8-6-5-7-9-14/h5-12H,4H2,1-3H3/b16-10-. The van der Waals surface area contributed by atoms with Gasteiger partial charge in [-0.25, -0.2) is 0 Å². The molecule has 0 saturated carbocycles. The average molecular weight is 403 g/mol. The van der Waals surface area contributed by atoms with Crippen LogP contribution in [0.15, 0.2) is 48.2 Å². The van der Waals surface area contributed by atoms with E-state index in [1.807, 2.05) is 37.3 Å². The van der Waals surface area contributed by atoms with Gasteiger partial charge in [0.2, 0.25) is 0 Å². The van der Waals surface area contributed by atoms with Crippen molar-refractivity contribution < 1.29 is 14.3 Å². The zero-order chi connectivity index (χ0) is 19.6. The number of carbonyl (C=O) groups excluding carboxylic acids is 1. The quantitative estimate of drug-likeness (QED) is 0.549. The van der Waals surface area contributed by atoms with Crippen LogP contribution in [0.1, 0.15) is 12.5 Å². The smallest absolute Gasteiger partial charge is 0.281 e. The summed E-state index contributed by atoms with van der Waals surface area (Å²) < 4.78 is 10.9. The fourth-order valence-corrected chi connectivity index (χ4v) is 3.29. The van der Waals surface area contributed by atoms with Gasteiger partial charge in [0.15, 0.2) is 16.6 Å². The predicted octanol–water partition coefficient (Wildman–Crippen LogP) is 4.35. The first-order valence-corrected chi connectivity index (χ1v) is 9.15. The Morgan fingerprint density at radius 2 is 1.89 bits per heavy atom. The molecule has 0 atom stereocenters. The summed E-state index contributed by atoms with van der Waals surface area (Å²) in [5.41, 5.74) is 1.79. The molecular weight excluding hydrogens is 384 g/mol. The molecule has 140 valence electrons. The minimum atomic E-state index is -0.211. The second-order valence-corrected chi connectivity index (χ2v) is 6.58. The summed E-state index contributed by atoms with van der Waals surface area (Å²) in [5, 5.41) is 0.864. The first-order chi connectivity index (χ1) is 13.0. The highest BCUT2D eigenvalue weighted by molar-refractivity contribution is 7.80. The van der Waals surface area contributed by atoms with Crippen LogP contribution in [0.2, 0.25) is 5.02 Å². The van der Waals surface area contributed by atoms with E-state index in [2.05, 4.69) is 0 Å². The van der Waals surface area contributed by atoms with Crippen molar-refractivity contribution in [1.29, 1.82) is 0 Å². The van der Waals surface area contributed by atoms with Crippen LogP contribution >= 0.6 is 23.8 Å². The number of rotatable bonds is 5. The van der Waals surface area contributed by atoms with Gasteiger partial charge in [-0.1, -0.05) is 29.8 Å². The summed E-state index contributed by atoms with van der Waals surface area (Å²) >= 11 is 11.9. The van der Waals surface area contributed by atoms with Crippen LogP contribution in [0.25, 0.3) is 6.08 Å². The van der Waals surface area contributed by atoms with E-state index in [-0.39, 0.29) is 5.91 Å². The van der Waals surface area contributed by atoms with E-state index in [9.17, 15) is 4.79 Å². The van der Waals surface area contributed by atoms with Gasteiger partial charge in [-0.15, -0.1) is 0 Å². The summed E-state index contributed by atoms with van der Waals surface area (Å²) in [6.45, 7) is 2.38. The van der Waals surface area contributed by atoms with E-state index in [0.717, 1.165) is 5.69 Å². The maximum Gasteiger partial charge on any atom is 0.281 e. The normalized spacial score (nSPS) is 15.6. The molecule has 2 aromatic rings. The van der Waals surface area contributed by atoms with Crippen molar-refractivity contribution in [2.24, 2.45) is 0 Å². The van der Waals surface area contributed by atoms with Gasteiger partial charge in [0.1, 0.15) is 5.70 Å². The van der Waals surface area contributed by atoms with Gasteiger partial charge >= 0.3 is 0 Å². The van der Waals surface area contributed by atoms with Crippen molar-refractivity contribution in [3.05, 3.63) is 58.7 Å². The molecule has 3 rings (SSSR count). The number of amides is 1. The van der Waals surface area contributed by atoms with Gasteiger partial charge in [-0.05, 0) is 49.0 Å². The minimum Gasteiger partial charge on any atom is -0.493 e. The van der Waals surface area contributed by atoms with Gasteiger partial charge in [0.25, 0.3) is 5.91 Å². The maximum atomic E-state index is 13.0. The van der Waals surface area contributed by atoms with Crippen LogP contribution < -0.4 is 14.4 Å². The molecule has 2 aromatic carbocycles. The maximum absolute atomic E-state index is 13.0. The van der Waals surface area contributed by atoms with Gasteiger partial charge in [-0.3, -0.25) is 9.69 Å². The molecule has 0 aliphatic carbocycles.